The van der Waals surface area contributed by atoms with Crippen molar-refractivity contribution in [1.82, 2.24) is 5.32 Å². The zero-order chi connectivity index (χ0) is 23.5. The molecule has 2 unspecified atom stereocenters. The average molecular weight is 452 g/mol. The van der Waals surface area contributed by atoms with E-state index < -0.39 is 9.29 Å². The standard InChI is InChI=1S/C24H29N5O4/c1-28(30)17-25-16-20-23(28)27-24(29(20,31)14-12-18-7-5-4-6-8-18)26-13-11-19-9-10-21(32-2)22(15-19)33-3/h4-10,15-16H,11-14,17H2,1-3H3,(H,26,27). The van der Waals surface area contributed by atoms with Crippen LogP contribution in [0.4, 0.5) is 0 Å². The predicted octanol–water partition coefficient (Wildman–Crippen LogP) is 2.92. The van der Waals surface area contributed by atoms with Crippen molar-refractivity contribution < 1.29 is 18.8 Å². The molecule has 0 aliphatic carbocycles. The van der Waals surface area contributed by atoms with Gasteiger partial charge in [0.2, 0.25) is 5.70 Å². The van der Waals surface area contributed by atoms with Gasteiger partial charge in [-0.05, 0) is 29.7 Å². The third-order valence-electron chi connectivity index (χ3n) is 5.89. The molecule has 33 heavy (non-hydrogen) atoms. The van der Waals surface area contributed by atoms with Crippen molar-refractivity contribution in [1.29, 1.82) is 0 Å². The Kier molecular flexibility index (Phi) is 6.48. The molecular formula is C24H29N5O4. The SMILES string of the molecule is COc1ccc(CCNC2=NC3=C(C=NC[N+]3(C)[O-])[N+]2([O-])CCc2ccccc2)cc1OC. The fraction of sp³-hybridized carbons (Fsp3) is 0.333. The second kappa shape index (κ2) is 9.32. The molecule has 174 valence electrons. The first-order valence-electron chi connectivity index (χ1n) is 10.9. The van der Waals surface area contributed by atoms with Crippen molar-refractivity contribution >= 4 is 12.2 Å². The van der Waals surface area contributed by atoms with E-state index in [2.05, 4.69) is 15.3 Å². The first-order valence-corrected chi connectivity index (χ1v) is 10.9. The van der Waals surface area contributed by atoms with Gasteiger partial charge in [0.05, 0.1) is 34.0 Å². The minimum absolute atomic E-state index is 0.0138. The second-order valence-electron chi connectivity index (χ2n) is 8.26. The number of methoxy groups -OCH3 is 2. The van der Waals surface area contributed by atoms with Gasteiger partial charge in [0, 0.05) is 13.0 Å². The lowest BCUT2D eigenvalue weighted by atomic mass is 10.1. The monoisotopic (exact) mass is 451 g/mol. The minimum atomic E-state index is -0.824. The van der Waals surface area contributed by atoms with Crippen LogP contribution >= 0.6 is 0 Å². The summed E-state index contributed by atoms with van der Waals surface area (Å²) in [6.07, 6.45) is 2.70. The molecule has 4 rings (SSSR count). The highest BCUT2D eigenvalue weighted by atomic mass is 16.6. The van der Waals surface area contributed by atoms with Crippen LogP contribution in [0.3, 0.4) is 0 Å². The van der Waals surface area contributed by atoms with Gasteiger partial charge >= 0.3 is 5.96 Å². The number of aliphatic imine (C=N–C) groups is 2. The minimum Gasteiger partial charge on any atom is -0.625 e. The number of hydrogen-bond acceptors (Lipinski definition) is 7. The summed E-state index contributed by atoms with van der Waals surface area (Å²) in [5.41, 5.74) is 2.38. The van der Waals surface area contributed by atoms with E-state index in [1.54, 1.807) is 14.2 Å². The summed E-state index contributed by atoms with van der Waals surface area (Å²) < 4.78 is 9.04. The van der Waals surface area contributed by atoms with Gasteiger partial charge in [0.15, 0.2) is 18.2 Å². The third-order valence-corrected chi connectivity index (χ3v) is 5.89. The van der Waals surface area contributed by atoms with E-state index in [1.807, 2.05) is 48.5 Å². The Morgan fingerprint density at radius 1 is 0.970 bits per heavy atom. The lowest BCUT2D eigenvalue weighted by Crippen LogP contribution is -2.53. The molecule has 0 aromatic heterocycles. The van der Waals surface area contributed by atoms with Gasteiger partial charge in [-0.25, -0.2) is 4.99 Å². The van der Waals surface area contributed by atoms with Gasteiger partial charge < -0.3 is 25.2 Å². The summed E-state index contributed by atoms with van der Waals surface area (Å²) in [4.78, 5) is 8.64. The van der Waals surface area contributed by atoms with Crippen molar-refractivity contribution in [2.75, 3.05) is 41.0 Å². The number of benzene rings is 2. The average Bonchev–Trinajstić information content (AvgIpc) is 3.11. The van der Waals surface area contributed by atoms with Crippen LogP contribution in [-0.4, -0.2) is 62.5 Å². The molecule has 2 heterocycles. The number of hydrogen-bond donors (Lipinski definition) is 1. The summed E-state index contributed by atoms with van der Waals surface area (Å²) in [6.45, 7) is 0.708. The van der Waals surface area contributed by atoms with E-state index in [0.29, 0.717) is 36.6 Å². The Bertz CT molecular complexity index is 1100. The Labute approximate surface area is 193 Å². The molecule has 0 saturated heterocycles. The molecular weight excluding hydrogens is 422 g/mol. The quantitative estimate of drug-likeness (QED) is 0.491. The van der Waals surface area contributed by atoms with E-state index in [0.717, 1.165) is 11.1 Å². The lowest BCUT2D eigenvalue weighted by Gasteiger charge is -2.41. The fourth-order valence-corrected chi connectivity index (χ4v) is 4.04. The number of quaternary nitrogens is 2. The van der Waals surface area contributed by atoms with Gasteiger partial charge in [0.25, 0.3) is 5.82 Å². The Morgan fingerprint density at radius 2 is 1.73 bits per heavy atom. The Hall–Kier alpha value is -3.24. The van der Waals surface area contributed by atoms with Crippen LogP contribution in [0.2, 0.25) is 0 Å². The van der Waals surface area contributed by atoms with Gasteiger partial charge in [-0.1, -0.05) is 36.4 Å². The summed E-state index contributed by atoms with van der Waals surface area (Å²) >= 11 is 0. The molecule has 0 bridgehead atoms. The molecule has 9 nitrogen and oxygen atoms in total. The molecule has 2 aromatic carbocycles. The molecule has 2 atom stereocenters. The predicted molar refractivity (Wildman–Crippen MR) is 127 cm³/mol. The maximum Gasteiger partial charge on any atom is 0.313 e. The van der Waals surface area contributed by atoms with Crippen molar-refractivity contribution in [3.05, 3.63) is 81.6 Å². The van der Waals surface area contributed by atoms with Crippen LogP contribution < -0.4 is 14.8 Å². The maximum atomic E-state index is 14.1. The number of rotatable bonds is 8. The molecule has 0 saturated carbocycles. The van der Waals surface area contributed by atoms with Crippen LogP contribution in [0.1, 0.15) is 11.1 Å². The van der Waals surface area contributed by atoms with Crippen molar-refractivity contribution in [3.8, 4) is 11.5 Å². The first kappa shape index (κ1) is 22.9. The molecule has 1 N–H and O–H groups in total. The van der Waals surface area contributed by atoms with E-state index in [-0.39, 0.29) is 25.0 Å². The molecule has 0 fully saturated rings. The molecule has 9 heteroatoms. The van der Waals surface area contributed by atoms with Crippen molar-refractivity contribution in [2.45, 2.75) is 12.8 Å². The Balaban J connectivity index is 1.52. The van der Waals surface area contributed by atoms with Crippen molar-refractivity contribution in [2.24, 2.45) is 9.98 Å². The van der Waals surface area contributed by atoms with E-state index in [9.17, 15) is 10.4 Å². The summed E-state index contributed by atoms with van der Waals surface area (Å²) in [6, 6.07) is 15.5. The van der Waals surface area contributed by atoms with Crippen LogP contribution in [0, 0.1) is 10.4 Å². The number of guanidine groups is 1. The number of allylic oxidation sites excluding steroid dienone is 1. The number of nitrogens with one attached hydrogen (secondary N) is 1. The van der Waals surface area contributed by atoms with Crippen LogP contribution in [-0.2, 0) is 12.8 Å². The van der Waals surface area contributed by atoms with E-state index >= 15 is 0 Å². The Morgan fingerprint density at radius 3 is 2.45 bits per heavy atom. The van der Waals surface area contributed by atoms with Crippen molar-refractivity contribution in [3.63, 3.8) is 0 Å². The van der Waals surface area contributed by atoms with Gasteiger partial charge in [0.1, 0.15) is 0 Å². The lowest BCUT2D eigenvalue weighted by molar-refractivity contribution is -0.830. The molecule has 2 aliphatic rings. The number of nitrogens with zero attached hydrogens (tertiary/aromatic N) is 4. The number of ether oxygens (including phenoxy) is 2. The summed E-state index contributed by atoms with van der Waals surface area (Å²) in [5, 5.41) is 30.2. The molecule has 2 aliphatic heterocycles. The first-order chi connectivity index (χ1) is 15.9. The summed E-state index contributed by atoms with van der Waals surface area (Å²) in [7, 11) is 4.67. The zero-order valence-corrected chi connectivity index (χ0v) is 19.2. The maximum absolute atomic E-state index is 14.1. The van der Waals surface area contributed by atoms with Crippen LogP contribution in [0.25, 0.3) is 0 Å². The molecule has 0 amide bonds. The van der Waals surface area contributed by atoms with Crippen LogP contribution in [0.5, 0.6) is 11.5 Å². The third kappa shape index (κ3) is 4.62. The van der Waals surface area contributed by atoms with Gasteiger partial charge in [-0.3, -0.25) is 9.29 Å². The van der Waals surface area contributed by atoms with E-state index in [4.69, 9.17) is 9.47 Å². The molecule has 2 aromatic rings. The van der Waals surface area contributed by atoms with Crippen LogP contribution in [0.15, 0.2) is 70.0 Å². The highest BCUT2D eigenvalue weighted by molar-refractivity contribution is 5.88. The molecule has 0 spiro atoms. The topological polar surface area (TPSA) is 101 Å². The smallest absolute Gasteiger partial charge is 0.313 e. The van der Waals surface area contributed by atoms with E-state index in [1.165, 1.54) is 13.3 Å². The number of hydroxylamine groups is 6. The highest BCUT2D eigenvalue weighted by Crippen LogP contribution is 2.34. The largest absolute Gasteiger partial charge is 0.625 e. The summed E-state index contributed by atoms with van der Waals surface area (Å²) in [5.74, 6) is 1.76. The second-order valence-corrected chi connectivity index (χ2v) is 8.26. The molecule has 0 radical (unpaired) electrons. The highest BCUT2D eigenvalue weighted by Gasteiger charge is 2.45. The van der Waals surface area contributed by atoms with Gasteiger partial charge in [-0.15, -0.1) is 4.99 Å². The zero-order valence-electron chi connectivity index (χ0n) is 19.2. The normalized spacial score (nSPS) is 23.8. The fourth-order valence-electron chi connectivity index (χ4n) is 4.04. The van der Waals surface area contributed by atoms with Gasteiger partial charge in [-0.2, -0.15) is 0 Å².